The van der Waals surface area contributed by atoms with Gasteiger partial charge in [-0.05, 0) is 105 Å². The molecule has 0 aliphatic heterocycles. The lowest BCUT2D eigenvalue weighted by Gasteiger charge is -2.21. The number of methoxy groups -OCH3 is 1. The van der Waals surface area contributed by atoms with Crippen LogP contribution in [-0.4, -0.2) is 81.2 Å². The number of esters is 4. The molecule has 0 radical (unpaired) electrons. The second kappa shape index (κ2) is 43.4. The van der Waals surface area contributed by atoms with Gasteiger partial charge in [0, 0.05) is 46.2 Å². The van der Waals surface area contributed by atoms with E-state index in [0.29, 0.717) is 25.8 Å². The average molecular weight is 1030 g/mol. The summed E-state index contributed by atoms with van der Waals surface area (Å²) in [6.45, 7) is 7.52. The molecule has 0 heterocycles. The van der Waals surface area contributed by atoms with Crippen molar-refractivity contribution in [2.45, 2.75) is 239 Å². The Hall–Kier alpha value is -4.87. The first-order valence-electron chi connectivity index (χ1n) is 28.9. The number of fused-ring (bicyclic) bond motifs is 1. The van der Waals surface area contributed by atoms with Crippen LogP contribution in [-0.2, 0) is 49.3 Å². The van der Waals surface area contributed by atoms with Crippen molar-refractivity contribution in [2.24, 2.45) is 5.92 Å². The fraction of sp³-hybridized carbons (Fsp3) is 0.694. The quantitative estimate of drug-likeness (QED) is 0.0205. The molecule has 2 rings (SSSR count). The van der Waals surface area contributed by atoms with Crippen LogP contribution >= 0.6 is 0 Å². The topological polar surface area (TPSA) is 144 Å². The van der Waals surface area contributed by atoms with Gasteiger partial charge < -0.3 is 33.3 Å². The Balaban J connectivity index is 1.76. The number of rotatable bonds is 45. The number of carbonyl (C=O) groups excluding carboxylic acids is 5. The predicted molar refractivity (Wildman–Crippen MR) is 298 cm³/mol. The molecule has 2 atom stereocenters. The van der Waals surface area contributed by atoms with Crippen molar-refractivity contribution in [1.82, 2.24) is 4.90 Å². The van der Waals surface area contributed by atoms with E-state index < -0.39 is 48.3 Å². The molecule has 0 fully saturated rings. The molecule has 2 aromatic carbocycles. The third-order valence-corrected chi connectivity index (χ3v) is 13.2. The summed E-state index contributed by atoms with van der Waals surface area (Å²) in [5.74, 6) is -1.82. The number of hydrogen-bond donors (Lipinski definition) is 0. The molecule has 0 aliphatic rings. The second-order valence-corrected chi connectivity index (χ2v) is 20.3. The molecule has 0 N–H and O–H groups in total. The summed E-state index contributed by atoms with van der Waals surface area (Å²) in [5, 5.41) is 2.10. The van der Waals surface area contributed by atoms with Crippen LogP contribution in [0.25, 0.3) is 10.8 Å². The highest BCUT2D eigenvalue weighted by molar-refractivity contribution is 5.87. The third kappa shape index (κ3) is 33.8. The van der Waals surface area contributed by atoms with Crippen LogP contribution in [0, 0.1) is 5.92 Å². The van der Waals surface area contributed by atoms with E-state index in [1.807, 2.05) is 36.4 Å². The molecule has 12 nitrogen and oxygen atoms in total. The van der Waals surface area contributed by atoms with Gasteiger partial charge in [-0.2, -0.15) is 0 Å². The van der Waals surface area contributed by atoms with E-state index in [0.717, 1.165) is 99.1 Å². The van der Waals surface area contributed by atoms with Crippen molar-refractivity contribution in [3.05, 3.63) is 66.3 Å². The Bertz CT molecular complexity index is 1820. The van der Waals surface area contributed by atoms with Gasteiger partial charge in [-0.1, -0.05) is 172 Å². The summed E-state index contributed by atoms with van der Waals surface area (Å²) in [4.78, 5) is 65.8. The number of nitrogens with zero attached hydrogens (tertiary/aromatic N) is 1. The molecule has 0 saturated carbocycles. The van der Waals surface area contributed by atoms with Crippen LogP contribution in [0.2, 0.25) is 0 Å². The molecular weight excluding hydrogens is 935 g/mol. The van der Waals surface area contributed by atoms with Gasteiger partial charge in [-0.3, -0.25) is 19.2 Å². The first kappa shape index (κ1) is 65.2. The summed E-state index contributed by atoms with van der Waals surface area (Å²) < 4.78 is 32.9. The van der Waals surface area contributed by atoms with Crippen molar-refractivity contribution < 1.29 is 52.4 Å². The Labute approximate surface area is 447 Å². The summed E-state index contributed by atoms with van der Waals surface area (Å²) >= 11 is 0. The van der Waals surface area contributed by atoms with E-state index in [-0.39, 0.29) is 38.9 Å². The fourth-order valence-corrected chi connectivity index (χ4v) is 8.72. The summed E-state index contributed by atoms with van der Waals surface area (Å²) in [5.41, 5.74) is 1.05. The van der Waals surface area contributed by atoms with Crippen molar-refractivity contribution in [2.75, 3.05) is 33.9 Å². The lowest BCUT2D eigenvalue weighted by atomic mass is 10.0. The number of unbranched alkanes of at least 4 members (excludes halogenated alkanes) is 22. The molecule has 0 aliphatic carbocycles. The molecule has 0 spiro atoms. The summed E-state index contributed by atoms with van der Waals surface area (Å²) in [6, 6.07) is 11.9. The van der Waals surface area contributed by atoms with Gasteiger partial charge >= 0.3 is 30.0 Å². The molecule has 12 heteroatoms. The second-order valence-electron chi connectivity index (χ2n) is 20.3. The largest absolute Gasteiger partial charge is 0.497 e. The zero-order valence-corrected chi connectivity index (χ0v) is 47.0. The molecular formula is C62H99NO11. The maximum atomic E-state index is 13.2. The van der Waals surface area contributed by atoms with Crippen LogP contribution in [0.5, 0.6) is 5.75 Å². The molecule has 2 unspecified atom stereocenters. The molecule has 0 aromatic heterocycles. The number of benzene rings is 2. The van der Waals surface area contributed by atoms with Gasteiger partial charge in [0.2, 0.25) is 6.29 Å². The number of hydrogen-bond acceptors (Lipinski definition) is 11. The Morgan fingerprint density at radius 1 is 0.541 bits per heavy atom. The first-order chi connectivity index (χ1) is 35.9. The number of amides is 1. The highest BCUT2D eigenvalue weighted by Gasteiger charge is 2.24. The molecule has 0 saturated heterocycles. The highest BCUT2D eigenvalue weighted by Crippen LogP contribution is 2.25. The minimum atomic E-state index is -1.16. The average Bonchev–Trinajstić information content (AvgIpc) is 3.38. The van der Waals surface area contributed by atoms with Crippen molar-refractivity contribution >= 4 is 40.7 Å². The minimum Gasteiger partial charge on any atom is -0.497 e. The predicted octanol–water partition coefficient (Wildman–Crippen LogP) is 15.8. The molecule has 74 heavy (non-hydrogen) atoms. The van der Waals surface area contributed by atoms with Gasteiger partial charge in [0.1, 0.15) is 19.0 Å². The van der Waals surface area contributed by atoms with E-state index in [9.17, 15) is 24.0 Å². The van der Waals surface area contributed by atoms with Crippen molar-refractivity contribution in [1.29, 1.82) is 0 Å². The van der Waals surface area contributed by atoms with E-state index in [4.69, 9.17) is 28.4 Å². The van der Waals surface area contributed by atoms with E-state index in [1.165, 1.54) is 88.9 Å². The van der Waals surface area contributed by atoms with E-state index in [2.05, 4.69) is 38.2 Å². The fourth-order valence-electron chi connectivity index (χ4n) is 8.72. The lowest BCUT2D eigenvalue weighted by Crippen LogP contribution is -2.33. The number of carbonyl (C=O) groups is 5. The summed E-state index contributed by atoms with van der Waals surface area (Å²) in [7, 11) is 3.24. The monoisotopic (exact) mass is 1030 g/mol. The first-order valence-corrected chi connectivity index (χ1v) is 28.9. The Morgan fingerprint density at radius 3 is 1.49 bits per heavy atom. The highest BCUT2D eigenvalue weighted by atomic mass is 16.7. The molecule has 418 valence electrons. The Morgan fingerprint density at radius 2 is 1.00 bits per heavy atom. The van der Waals surface area contributed by atoms with Crippen LogP contribution in [0.15, 0.2) is 60.7 Å². The van der Waals surface area contributed by atoms with Crippen molar-refractivity contribution in [3.63, 3.8) is 0 Å². The van der Waals surface area contributed by atoms with Crippen molar-refractivity contribution in [3.8, 4) is 5.75 Å². The molecule has 0 bridgehead atoms. The van der Waals surface area contributed by atoms with Crippen LogP contribution in [0.3, 0.4) is 0 Å². The minimum absolute atomic E-state index is 0.141. The lowest BCUT2D eigenvalue weighted by molar-refractivity contribution is -0.170. The van der Waals surface area contributed by atoms with Gasteiger partial charge in [0.15, 0.2) is 6.10 Å². The smallest absolute Gasteiger partial charge is 0.412 e. The maximum Gasteiger partial charge on any atom is 0.412 e. The van der Waals surface area contributed by atoms with Crippen LogP contribution in [0.4, 0.5) is 4.79 Å². The standard InChI is InChI=1S/C62H99NO11/c1-7-9-11-13-15-17-19-21-23-25-27-29-31-33-35-40-58(64)70-49-56(50-71-59(65)41-36-34-32-30-28-26-24-22-20-18-16-14-12-10-8-2)74-61(67)47-51(3)46-60(66)72-52(4)73-62(68)63(5)45-44-54-39-37-38-53-42-43-55(69-6)48-57(53)54/h21-24,37-39,42-43,48,51-52,56H,7-20,25-36,40-41,44-47,49-50H2,1-6H3/b23-21-,24-22-. The zero-order chi connectivity index (χ0) is 53.9. The van der Waals surface area contributed by atoms with Crippen LogP contribution < -0.4 is 4.74 Å². The van der Waals surface area contributed by atoms with Gasteiger partial charge in [-0.15, -0.1) is 0 Å². The normalized spacial score (nSPS) is 12.3. The van der Waals surface area contributed by atoms with Gasteiger partial charge in [0.05, 0.1) is 7.11 Å². The third-order valence-electron chi connectivity index (χ3n) is 13.2. The van der Waals surface area contributed by atoms with Gasteiger partial charge in [-0.25, -0.2) is 4.79 Å². The SMILES string of the molecule is CCCCCCCC/C=C\CCCCCCCC(=O)OCC(COC(=O)CCCCCCC/C=C\CCCCCCCC)OC(=O)CC(C)CC(=O)OC(C)OC(=O)N(C)CCc1cccc2ccc(OC)cc12. The summed E-state index contributed by atoms with van der Waals surface area (Å²) in [6.07, 6.45) is 37.3. The number of ether oxygens (including phenoxy) is 6. The Kier molecular flexibility index (Phi) is 38.2. The molecule has 2 aromatic rings. The van der Waals surface area contributed by atoms with E-state index >= 15 is 0 Å². The zero-order valence-electron chi connectivity index (χ0n) is 47.0. The molecule has 1 amide bonds. The van der Waals surface area contributed by atoms with E-state index in [1.54, 1.807) is 21.1 Å². The van der Waals surface area contributed by atoms with Crippen LogP contribution in [0.1, 0.15) is 226 Å². The number of allylic oxidation sites excluding steroid dienone is 4. The van der Waals surface area contributed by atoms with Gasteiger partial charge in [0.25, 0.3) is 0 Å². The maximum absolute atomic E-state index is 13.2. The number of likely N-dealkylation sites (N-methyl/N-ethyl adjacent to an activating group) is 1.